The second-order valence-corrected chi connectivity index (χ2v) is 13.8. The van der Waals surface area contributed by atoms with Gasteiger partial charge in [0.15, 0.2) is 0 Å². The topological polar surface area (TPSA) is 0 Å². The first-order valence-electron chi connectivity index (χ1n) is 15.0. The lowest BCUT2D eigenvalue weighted by Gasteiger charge is -2.17. The highest BCUT2D eigenvalue weighted by Gasteiger charge is 2.18. The highest BCUT2D eigenvalue weighted by molar-refractivity contribution is 7.26. The van der Waals surface area contributed by atoms with E-state index in [1.807, 2.05) is 22.7 Å². The van der Waals surface area contributed by atoms with Gasteiger partial charge >= 0.3 is 0 Å². The van der Waals surface area contributed by atoms with E-state index in [-0.39, 0.29) is 0 Å². The number of hydrogen-bond acceptors (Lipinski definition) is 2. The van der Waals surface area contributed by atoms with Crippen molar-refractivity contribution in [3.05, 3.63) is 146 Å². The standard InChI is InChI=1S/C42H24S2/c1-2-10-25(11-3-1)40-29-13-4-6-15-31(29)41(32-16-7-5-14-30(32)40)27-18-20-33-38(23-27)44-37-21-19-26-22-39-35(24-34(26)42(33)37)28-12-8-9-17-36(28)43-39/h1-24H. The quantitative estimate of drug-likeness (QED) is 0.175. The molecule has 2 heteroatoms. The maximum Gasteiger partial charge on any atom is 0.0361 e. The van der Waals surface area contributed by atoms with Crippen LogP contribution in [0.1, 0.15) is 0 Å². The molecule has 0 radical (unpaired) electrons. The summed E-state index contributed by atoms with van der Waals surface area (Å²) in [6, 6.07) is 54.1. The van der Waals surface area contributed by atoms with Crippen LogP contribution in [0.5, 0.6) is 0 Å². The first-order valence-corrected chi connectivity index (χ1v) is 16.6. The predicted octanol–water partition coefficient (Wildman–Crippen LogP) is 13.2. The Bertz CT molecular complexity index is 2700. The summed E-state index contributed by atoms with van der Waals surface area (Å²) in [7, 11) is 0. The number of hydrogen-bond donors (Lipinski definition) is 0. The van der Waals surface area contributed by atoms with E-state index in [1.54, 1.807) is 0 Å². The molecule has 44 heavy (non-hydrogen) atoms. The predicted molar refractivity (Wildman–Crippen MR) is 196 cm³/mol. The zero-order chi connectivity index (χ0) is 28.8. The summed E-state index contributed by atoms with van der Waals surface area (Å²) in [5.74, 6) is 0. The van der Waals surface area contributed by atoms with Crippen molar-refractivity contribution < 1.29 is 0 Å². The van der Waals surface area contributed by atoms with Gasteiger partial charge in [-0.1, -0.05) is 115 Å². The molecule has 10 aromatic rings. The second-order valence-electron chi connectivity index (χ2n) is 11.6. The molecular formula is C42H24S2. The van der Waals surface area contributed by atoms with Crippen molar-refractivity contribution in [2.45, 2.75) is 0 Å². The van der Waals surface area contributed by atoms with Crippen molar-refractivity contribution in [2.75, 3.05) is 0 Å². The van der Waals surface area contributed by atoms with Crippen LogP contribution in [0.4, 0.5) is 0 Å². The molecule has 0 aliphatic rings. The Morgan fingerprint density at radius 2 is 0.886 bits per heavy atom. The Balaban J connectivity index is 1.26. The normalized spacial score (nSPS) is 12.1. The molecule has 0 atom stereocenters. The van der Waals surface area contributed by atoms with Crippen molar-refractivity contribution in [1.29, 1.82) is 0 Å². The lowest BCUT2D eigenvalue weighted by Crippen LogP contribution is -1.90. The Kier molecular flexibility index (Phi) is 5.13. The molecule has 2 aromatic heterocycles. The van der Waals surface area contributed by atoms with Crippen LogP contribution in [0.3, 0.4) is 0 Å². The van der Waals surface area contributed by atoms with E-state index < -0.39 is 0 Å². The maximum atomic E-state index is 2.44. The van der Waals surface area contributed by atoms with Crippen LogP contribution in [0.25, 0.3) is 94.9 Å². The minimum atomic E-state index is 1.26. The maximum absolute atomic E-state index is 2.44. The number of fused-ring (bicyclic) bond motifs is 10. The van der Waals surface area contributed by atoms with Crippen molar-refractivity contribution >= 4 is 95.3 Å². The lowest BCUT2D eigenvalue weighted by atomic mass is 9.86. The summed E-state index contributed by atoms with van der Waals surface area (Å²) in [5.41, 5.74) is 5.14. The highest BCUT2D eigenvalue weighted by Crippen LogP contribution is 2.47. The minimum absolute atomic E-state index is 1.26. The second kappa shape index (κ2) is 9.24. The third kappa shape index (κ3) is 3.44. The molecule has 0 saturated heterocycles. The Morgan fingerprint density at radius 3 is 1.61 bits per heavy atom. The van der Waals surface area contributed by atoms with Crippen LogP contribution < -0.4 is 0 Å². The third-order valence-electron chi connectivity index (χ3n) is 9.23. The van der Waals surface area contributed by atoms with Crippen molar-refractivity contribution in [2.24, 2.45) is 0 Å². The first-order chi connectivity index (χ1) is 21.8. The molecule has 0 aliphatic heterocycles. The highest BCUT2D eigenvalue weighted by atomic mass is 32.1. The lowest BCUT2D eigenvalue weighted by molar-refractivity contribution is 1.66. The fourth-order valence-corrected chi connectivity index (χ4v) is 9.63. The molecule has 0 saturated carbocycles. The zero-order valence-electron chi connectivity index (χ0n) is 23.7. The molecule has 0 unspecified atom stereocenters. The summed E-state index contributed by atoms with van der Waals surface area (Å²) in [6.07, 6.45) is 0. The van der Waals surface area contributed by atoms with Gasteiger partial charge in [-0.3, -0.25) is 0 Å². The average molecular weight is 593 g/mol. The fourth-order valence-electron chi connectivity index (χ4n) is 7.33. The molecule has 204 valence electrons. The first kappa shape index (κ1) is 24.4. The molecule has 10 rings (SSSR count). The van der Waals surface area contributed by atoms with Crippen LogP contribution in [0.15, 0.2) is 146 Å². The van der Waals surface area contributed by atoms with Gasteiger partial charge in [0.05, 0.1) is 0 Å². The Labute approximate surface area is 262 Å². The van der Waals surface area contributed by atoms with Gasteiger partial charge in [0.25, 0.3) is 0 Å². The Hall–Kier alpha value is -5.02. The van der Waals surface area contributed by atoms with Crippen LogP contribution >= 0.6 is 22.7 Å². The van der Waals surface area contributed by atoms with E-state index in [2.05, 4.69) is 146 Å². The van der Waals surface area contributed by atoms with E-state index >= 15 is 0 Å². The van der Waals surface area contributed by atoms with Crippen LogP contribution in [0.2, 0.25) is 0 Å². The van der Waals surface area contributed by atoms with Crippen molar-refractivity contribution in [3.63, 3.8) is 0 Å². The summed E-state index contributed by atoms with van der Waals surface area (Å²) < 4.78 is 5.39. The van der Waals surface area contributed by atoms with Crippen LogP contribution in [-0.2, 0) is 0 Å². The van der Waals surface area contributed by atoms with E-state index in [0.29, 0.717) is 0 Å². The molecule has 0 fully saturated rings. The van der Waals surface area contributed by atoms with Crippen LogP contribution in [0, 0.1) is 0 Å². The van der Waals surface area contributed by atoms with Gasteiger partial charge < -0.3 is 0 Å². The molecule has 0 aliphatic carbocycles. The molecule has 0 N–H and O–H groups in total. The summed E-state index contributed by atoms with van der Waals surface area (Å²) in [5, 5.41) is 13.3. The van der Waals surface area contributed by atoms with E-state index in [1.165, 1.54) is 94.9 Å². The molecule has 2 heterocycles. The molecular weight excluding hydrogens is 569 g/mol. The summed E-state index contributed by atoms with van der Waals surface area (Å²) in [4.78, 5) is 0. The molecule has 0 spiro atoms. The van der Waals surface area contributed by atoms with Gasteiger partial charge in [-0.2, -0.15) is 0 Å². The monoisotopic (exact) mass is 592 g/mol. The SMILES string of the molecule is c1ccc(-c2c3ccccc3c(-c3ccc4c(c3)sc3ccc5cc6sc7ccccc7c6cc5c34)c3ccccc23)cc1. The fraction of sp³-hybridized carbons (Fsp3) is 0. The van der Waals surface area contributed by atoms with Crippen molar-refractivity contribution in [1.82, 2.24) is 0 Å². The number of benzene rings is 8. The smallest absolute Gasteiger partial charge is 0.0361 e. The van der Waals surface area contributed by atoms with Crippen LogP contribution in [-0.4, -0.2) is 0 Å². The zero-order valence-corrected chi connectivity index (χ0v) is 25.3. The summed E-state index contributed by atoms with van der Waals surface area (Å²) >= 11 is 3.80. The minimum Gasteiger partial charge on any atom is -0.135 e. The van der Waals surface area contributed by atoms with E-state index in [4.69, 9.17) is 0 Å². The van der Waals surface area contributed by atoms with Gasteiger partial charge in [-0.25, -0.2) is 0 Å². The number of thiophene rings is 2. The van der Waals surface area contributed by atoms with Crippen molar-refractivity contribution in [3.8, 4) is 22.3 Å². The molecule has 0 nitrogen and oxygen atoms in total. The van der Waals surface area contributed by atoms with E-state index in [9.17, 15) is 0 Å². The van der Waals surface area contributed by atoms with E-state index in [0.717, 1.165) is 0 Å². The number of rotatable bonds is 2. The Morgan fingerprint density at radius 1 is 0.295 bits per heavy atom. The van der Waals surface area contributed by atoms with Gasteiger partial charge in [-0.05, 0) is 84.9 Å². The molecule has 8 aromatic carbocycles. The largest absolute Gasteiger partial charge is 0.135 e. The van der Waals surface area contributed by atoms with Gasteiger partial charge in [-0.15, -0.1) is 22.7 Å². The third-order valence-corrected chi connectivity index (χ3v) is 11.5. The van der Waals surface area contributed by atoms with Gasteiger partial charge in [0.2, 0.25) is 0 Å². The molecule has 0 bridgehead atoms. The average Bonchev–Trinajstić information content (AvgIpc) is 3.64. The summed E-state index contributed by atoms with van der Waals surface area (Å²) in [6.45, 7) is 0. The van der Waals surface area contributed by atoms with Gasteiger partial charge in [0, 0.05) is 40.3 Å². The van der Waals surface area contributed by atoms with Gasteiger partial charge in [0.1, 0.15) is 0 Å². The molecule has 0 amide bonds.